The van der Waals surface area contributed by atoms with Gasteiger partial charge in [0.2, 0.25) is 0 Å². The number of aliphatic imine (C=N–C) groups is 1. The number of nitrogens with one attached hydrogen (secondary N) is 2. The number of hydrogen-bond donors (Lipinski definition) is 2. The average Bonchev–Trinajstić information content (AvgIpc) is 2.94. The fourth-order valence-corrected chi connectivity index (χ4v) is 4.15. The molecule has 1 unspecified atom stereocenters. The van der Waals surface area contributed by atoms with Crippen molar-refractivity contribution >= 4 is 39.8 Å². The molecular formula is C18H31IN4O2S. The van der Waals surface area contributed by atoms with Crippen LogP contribution in [0.5, 0.6) is 0 Å². The third-order valence-corrected chi connectivity index (χ3v) is 5.84. The molecule has 6 nitrogen and oxygen atoms in total. The molecule has 0 aromatic heterocycles. The molecule has 1 aromatic carbocycles. The van der Waals surface area contributed by atoms with Crippen molar-refractivity contribution in [2.45, 2.75) is 44.2 Å². The molecular weight excluding hydrogens is 463 g/mol. The van der Waals surface area contributed by atoms with Crippen molar-refractivity contribution < 1.29 is 8.42 Å². The second-order valence-electron chi connectivity index (χ2n) is 6.72. The van der Waals surface area contributed by atoms with E-state index in [2.05, 4.69) is 27.6 Å². The molecule has 1 heterocycles. The van der Waals surface area contributed by atoms with Gasteiger partial charge in [0.15, 0.2) is 15.8 Å². The number of halogens is 1. The minimum Gasteiger partial charge on any atom is -0.357 e. The summed E-state index contributed by atoms with van der Waals surface area (Å²) in [4.78, 5) is 7.39. The first kappa shape index (κ1) is 23.2. The number of hydrogen-bond acceptors (Lipinski definition) is 4. The van der Waals surface area contributed by atoms with Crippen LogP contribution in [0, 0.1) is 6.92 Å². The van der Waals surface area contributed by atoms with E-state index in [1.807, 2.05) is 26.0 Å². The maximum atomic E-state index is 11.7. The number of aryl methyl sites for hydroxylation is 1. The predicted octanol–water partition coefficient (Wildman–Crippen LogP) is 2.17. The predicted molar refractivity (Wildman–Crippen MR) is 118 cm³/mol. The number of likely N-dealkylation sites (tertiary alicyclic amines) is 1. The zero-order valence-electron chi connectivity index (χ0n) is 16.1. The zero-order chi connectivity index (χ0) is 18.4. The molecule has 1 saturated heterocycles. The van der Waals surface area contributed by atoms with Gasteiger partial charge < -0.3 is 15.5 Å². The van der Waals surface area contributed by atoms with Gasteiger partial charge in [-0.2, -0.15) is 0 Å². The molecule has 1 atom stereocenters. The summed E-state index contributed by atoms with van der Waals surface area (Å²) in [5.74, 6) is 0.799. The van der Waals surface area contributed by atoms with Crippen LogP contribution in [0.25, 0.3) is 0 Å². The smallest absolute Gasteiger partial charge is 0.191 e. The second-order valence-corrected chi connectivity index (χ2v) is 8.71. The Morgan fingerprint density at radius 2 is 2.08 bits per heavy atom. The van der Waals surface area contributed by atoms with Crippen molar-refractivity contribution in [1.82, 2.24) is 15.5 Å². The van der Waals surface area contributed by atoms with Gasteiger partial charge in [-0.1, -0.05) is 12.1 Å². The Labute approximate surface area is 174 Å². The van der Waals surface area contributed by atoms with Crippen molar-refractivity contribution in [1.29, 1.82) is 0 Å². The number of rotatable bonds is 6. The maximum Gasteiger partial charge on any atom is 0.191 e. The number of likely N-dealkylation sites (N-methyl/N-ethyl adjacent to an activating group) is 1. The average molecular weight is 494 g/mol. The van der Waals surface area contributed by atoms with Gasteiger partial charge in [-0.05, 0) is 57.5 Å². The number of guanidine groups is 1. The lowest BCUT2D eigenvalue weighted by Crippen LogP contribution is -2.44. The third-order valence-electron chi connectivity index (χ3n) is 4.58. The van der Waals surface area contributed by atoms with Gasteiger partial charge >= 0.3 is 0 Å². The summed E-state index contributed by atoms with van der Waals surface area (Å²) < 4.78 is 23.4. The van der Waals surface area contributed by atoms with Crippen molar-refractivity contribution in [2.75, 3.05) is 32.9 Å². The van der Waals surface area contributed by atoms with Crippen LogP contribution >= 0.6 is 24.0 Å². The molecule has 0 spiro atoms. The summed E-state index contributed by atoms with van der Waals surface area (Å²) >= 11 is 0. The molecule has 26 heavy (non-hydrogen) atoms. The lowest BCUT2D eigenvalue weighted by molar-refractivity contribution is 0.309. The second kappa shape index (κ2) is 10.5. The first-order chi connectivity index (χ1) is 11.8. The number of nitrogens with zero attached hydrogens (tertiary/aromatic N) is 2. The molecule has 0 radical (unpaired) electrons. The first-order valence-corrected chi connectivity index (χ1v) is 10.7. The van der Waals surface area contributed by atoms with Crippen LogP contribution in [0.2, 0.25) is 0 Å². The summed E-state index contributed by atoms with van der Waals surface area (Å²) in [6.07, 6.45) is 3.71. The lowest BCUT2D eigenvalue weighted by atomic mass is 10.1. The van der Waals surface area contributed by atoms with Gasteiger partial charge in [0, 0.05) is 25.4 Å². The lowest BCUT2D eigenvalue weighted by Gasteiger charge is -2.21. The monoisotopic (exact) mass is 494 g/mol. The van der Waals surface area contributed by atoms with Crippen molar-refractivity contribution in [3.63, 3.8) is 0 Å². The molecule has 8 heteroatoms. The highest BCUT2D eigenvalue weighted by Gasteiger charge is 2.20. The Hall–Kier alpha value is -0.870. The van der Waals surface area contributed by atoms with Crippen molar-refractivity contribution in [2.24, 2.45) is 4.99 Å². The van der Waals surface area contributed by atoms with Crippen molar-refractivity contribution in [3.05, 3.63) is 29.3 Å². The van der Waals surface area contributed by atoms with Gasteiger partial charge in [0.1, 0.15) is 0 Å². The number of sulfone groups is 1. The Balaban J connectivity index is 0.00000338. The summed E-state index contributed by atoms with van der Waals surface area (Å²) in [5, 5.41) is 6.68. The molecule has 1 fully saturated rings. The topological polar surface area (TPSA) is 73.8 Å². The van der Waals surface area contributed by atoms with Gasteiger partial charge in [-0.3, -0.25) is 0 Å². The SMILES string of the molecule is CCNC(=NCc1ccc(S(C)(=O)=O)c(C)c1)NCC1CCCN1C.I. The first-order valence-electron chi connectivity index (χ1n) is 8.83. The summed E-state index contributed by atoms with van der Waals surface area (Å²) in [5.41, 5.74) is 1.76. The van der Waals surface area contributed by atoms with Crippen LogP contribution in [0.15, 0.2) is 28.1 Å². The molecule has 0 saturated carbocycles. The van der Waals surface area contributed by atoms with Crippen LogP contribution in [0.1, 0.15) is 30.9 Å². The Morgan fingerprint density at radius 3 is 2.62 bits per heavy atom. The van der Waals surface area contributed by atoms with E-state index < -0.39 is 9.84 Å². The Bertz CT molecular complexity index is 722. The molecule has 0 amide bonds. The van der Waals surface area contributed by atoms with E-state index in [1.54, 1.807) is 6.07 Å². The highest BCUT2D eigenvalue weighted by molar-refractivity contribution is 14.0. The van der Waals surface area contributed by atoms with E-state index in [1.165, 1.54) is 19.1 Å². The largest absolute Gasteiger partial charge is 0.357 e. The Morgan fingerprint density at radius 1 is 1.35 bits per heavy atom. The molecule has 148 valence electrons. The highest BCUT2D eigenvalue weighted by Crippen LogP contribution is 2.17. The van der Waals surface area contributed by atoms with E-state index in [0.29, 0.717) is 17.5 Å². The van der Waals surface area contributed by atoms with E-state index >= 15 is 0 Å². The van der Waals surface area contributed by atoms with Gasteiger partial charge in [0.25, 0.3) is 0 Å². The quantitative estimate of drug-likeness (QED) is 0.360. The highest BCUT2D eigenvalue weighted by atomic mass is 127. The van der Waals surface area contributed by atoms with E-state index in [4.69, 9.17) is 0 Å². The minimum atomic E-state index is -3.18. The standard InChI is InChI=1S/C18H30N4O2S.HI/c1-5-19-18(21-13-16-7-6-10-22(16)3)20-12-15-8-9-17(14(2)11-15)25(4,23)24;/h8-9,11,16H,5-7,10,12-13H2,1-4H3,(H2,19,20,21);1H. The van der Waals surface area contributed by atoms with Crippen LogP contribution in [0.3, 0.4) is 0 Å². The van der Waals surface area contributed by atoms with E-state index in [9.17, 15) is 8.42 Å². The van der Waals surface area contributed by atoms with Crippen molar-refractivity contribution in [3.8, 4) is 0 Å². The van der Waals surface area contributed by atoms with Crippen LogP contribution < -0.4 is 10.6 Å². The van der Waals surface area contributed by atoms with Crippen LogP contribution in [0.4, 0.5) is 0 Å². The molecule has 1 aliphatic heterocycles. The molecule has 2 N–H and O–H groups in total. The molecule has 1 aromatic rings. The Kier molecular flexibility index (Phi) is 9.32. The third kappa shape index (κ3) is 6.70. The van der Waals surface area contributed by atoms with Crippen LogP contribution in [-0.2, 0) is 16.4 Å². The maximum absolute atomic E-state index is 11.7. The number of benzene rings is 1. The summed E-state index contributed by atoms with van der Waals surface area (Å²) in [6, 6.07) is 5.96. The van der Waals surface area contributed by atoms with Crippen LogP contribution in [-0.4, -0.2) is 58.3 Å². The fourth-order valence-electron chi connectivity index (χ4n) is 3.19. The van der Waals surface area contributed by atoms with E-state index in [0.717, 1.165) is 36.7 Å². The zero-order valence-corrected chi connectivity index (χ0v) is 19.2. The molecule has 0 bridgehead atoms. The molecule has 1 aliphatic rings. The fraction of sp³-hybridized carbons (Fsp3) is 0.611. The molecule has 0 aliphatic carbocycles. The normalized spacial score (nSPS) is 18.5. The minimum absolute atomic E-state index is 0. The summed E-state index contributed by atoms with van der Waals surface area (Å²) in [7, 11) is -1.02. The molecule has 2 rings (SSSR count). The van der Waals surface area contributed by atoms with Gasteiger partial charge in [-0.25, -0.2) is 13.4 Å². The van der Waals surface area contributed by atoms with Gasteiger partial charge in [0.05, 0.1) is 11.4 Å². The van der Waals surface area contributed by atoms with Gasteiger partial charge in [-0.15, -0.1) is 24.0 Å². The van der Waals surface area contributed by atoms with E-state index in [-0.39, 0.29) is 24.0 Å². The summed E-state index contributed by atoms with van der Waals surface area (Å²) in [6.45, 7) is 7.23.